The molecule has 0 aliphatic heterocycles. The van der Waals surface area contributed by atoms with Crippen LogP contribution in [-0.4, -0.2) is 18.4 Å². The Morgan fingerprint density at radius 3 is 2.37 bits per heavy atom. The van der Waals surface area contributed by atoms with Gasteiger partial charge in [0.15, 0.2) is 0 Å². The minimum Gasteiger partial charge on any atom is -0.399 e. The number of hydrogen-bond donors (Lipinski definition) is 3. The van der Waals surface area contributed by atoms with Gasteiger partial charge in [-0.25, -0.2) is 4.39 Å². The lowest BCUT2D eigenvalue weighted by Gasteiger charge is -2.10. The number of nitrogens with one attached hydrogen (secondary N) is 2. The molecule has 0 aliphatic carbocycles. The van der Waals surface area contributed by atoms with E-state index in [0.29, 0.717) is 25.1 Å². The predicted octanol–water partition coefficient (Wildman–Crippen LogP) is 3.79. The maximum atomic E-state index is 14.1. The van der Waals surface area contributed by atoms with Gasteiger partial charge in [0.05, 0.1) is 5.69 Å². The molecule has 2 aromatic rings. The smallest absolute Gasteiger partial charge is 0.251 e. The summed E-state index contributed by atoms with van der Waals surface area (Å²) in [6, 6.07) is 11.4. The van der Waals surface area contributed by atoms with Crippen molar-refractivity contribution < 1.29 is 14.0 Å². The second kappa shape index (κ2) is 10.5. The molecular weight excluding hydrogens is 369 g/mol. The topological polar surface area (TPSA) is 84.2 Å². The molecular formula is C20H25ClFN3O2. The first kappa shape index (κ1) is 22.4. The van der Waals surface area contributed by atoms with E-state index in [1.54, 1.807) is 12.1 Å². The highest BCUT2D eigenvalue weighted by Crippen LogP contribution is 2.17. The number of carbonyl (C=O) groups excluding carboxylic acids is 2. The van der Waals surface area contributed by atoms with Crippen LogP contribution in [0.25, 0.3) is 0 Å². The van der Waals surface area contributed by atoms with Crippen LogP contribution in [0.4, 0.5) is 15.8 Å². The van der Waals surface area contributed by atoms with Crippen molar-refractivity contribution in [2.24, 2.45) is 5.92 Å². The molecule has 0 saturated carbocycles. The molecule has 7 heteroatoms. The van der Waals surface area contributed by atoms with E-state index in [1.165, 1.54) is 12.1 Å². The first-order valence-electron chi connectivity index (χ1n) is 8.57. The van der Waals surface area contributed by atoms with Crippen LogP contribution in [0, 0.1) is 11.7 Å². The van der Waals surface area contributed by atoms with Gasteiger partial charge in [-0.05, 0) is 48.2 Å². The second-order valence-electron chi connectivity index (χ2n) is 6.59. The third kappa shape index (κ3) is 7.27. The molecule has 4 N–H and O–H groups in total. The summed E-state index contributed by atoms with van der Waals surface area (Å²) in [6.07, 6.45) is 0.963. The van der Waals surface area contributed by atoms with Gasteiger partial charge in [0.2, 0.25) is 5.91 Å². The van der Waals surface area contributed by atoms with Gasteiger partial charge >= 0.3 is 0 Å². The molecule has 146 valence electrons. The van der Waals surface area contributed by atoms with E-state index in [9.17, 15) is 14.0 Å². The summed E-state index contributed by atoms with van der Waals surface area (Å²) in [6.45, 7) is 4.25. The van der Waals surface area contributed by atoms with Crippen molar-refractivity contribution in [2.75, 3.05) is 17.6 Å². The van der Waals surface area contributed by atoms with E-state index in [0.717, 1.165) is 11.6 Å². The lowest BCUT2D eigenvalue weighted by Crippen LogP contribution is -2.26. The van der Waals surface area contributed by atoms with Gasteiger partial charge in [0, 0.05) is 24.2 Å². The summed E-state index contributed by atoms with van der Waals surface area (Å²) < 4.78 is 14.1. The lowest BCUT2D eigenvalue weighted by molar-refractivity contribution is -0.116. The number of benzene rings is 2. The molecule has 0 heterocycles. The van der Waals surface area contributed by atoms with Crippen LogP contribution in [-0.2, 0) is 11.2 Å². The van der Waals surface area contributed by atoms with Crippen molar-refractivity contribution in [3.8, 4) is 0 Å². The molecule has 27 heavy (non-hydrogen) atoms. The van der Waals surface area contributed by atoms with Crippen LogP contribution in [0.3, 0.4) is 0 Å². The standard InChI is InChI=1S/C20H24FN3O2.ClH/c1-13(2)11-19(25)24-18-8-5-15(12-17(18)21)20(26)23-10-9-14-3-6-16(22)7-4-14;/h3-8,12-13H,9-11,22H2,1-2H3,(H,23,26)(H,24,25);1H. The molecule has 0 fully saturated rings. The molecule has 0 aliphatic rings. The normalized spacial score (nSPS) is 10.2. The van der Waals surface area contributed by atoms with Gasteiger partial charge in [-0.2, -0.15) is 0 Å². The zero-order valence-electron chi connectivity index (χ0n) is 15.4. The number of hydrogen-bond acceptors (Lipinski definition) is 3. The molecule has 0 unspecified atom stereocenters. The minimum absolute atomic E-state index is 0. The van der Waals surface area contributed by atoms with Gasteiger partial charge in [-0.1, -0.05) is 26.0 Å². The third-order valence-corrected chi connectivity index (χ3v) is 3.78. The van der Waals surface area contributed by atoms with E-state index in [-0.39, 0.29) is 41.4 Å². The van der Waals surface area contributed by atoms with Gasteiger partial charge in [-0.15, -0.1) is 12.4 Å². The Morgan fingerprint density at radius 2 is 1.78 bits per heavy atom. The summed E-state index contributed by atoms with van der Waals surface area (Å²) in [5.74, 6) is -1.06. The van der Waals surface area contributed by atoms with Crippen LogP contribution >= 0.6 is 12.4 Å². The van der Waals surface area contributed by atoms with Crippen molar-refractivity contribution in [1.29, 1.82) is 0 Å². The number of carbonyl (C=O) groups is 2. The summed E-state index contributed by atoms with van der Waals surface area (Å²) in [5.41, 5.74) is 7.65. The van der Waals surface area contributed by atoms with Crippen molar-refractivity contribution in [3.63, 3.8) is 0 Å². The van der Waals surface area contributed by atoms with Crippen LogP contribution < -0.4 is 16.4 Å². The van der Waals surface area contributed by atoms with E-state index in [4.69, 9.17) is 5.73 Å². The maximum absolute atomic E-state index is 14.1. The zero-order chi connectivity index (χ0) is 19.1. The quantitative estimate of drug-likeness (QED) is 0.626. The van der Waals surface area contributed by atoms with Gasteiger partial charge in [0.1, 0.15) is 5.82 Å². The second-order valence-corrected chi connectivity index (χ2v) is 6.59. The highest BCUT2D eigenvalue weighted by atomic mass is 35.5. The summed E-state index contributed by atoms with van der Waals surface area (Å²) in [7, 11) is 0. The van der Waals surface area contributed by atoms with Crippen molar-refractivity contribution in [3.05, 3.63) is 59.4 Å². The summed E-state index contributed by atoms with van der Waals surface area (Å²) in [4.78, 5) is 23.9. The molecule has 2 rings (SSSR count). The number of anilines is 2. The molecule has 2 aromatic carbocycles. The van der Waals surface area contributed by atoms with Crippen molar-refractivity contribution in [2.45, 2.75) is 26.7 Å². The molecule has 0 aromatic heterocycles. The average molecular weight is 394 g/mol. The number of rotatable bonds is 7. The average Bonchev–Trinajstić information content (AvgIpc) is 2.57. The predicted molar refractivity (Wildman–Crippen MR) is 109 cm³/mol. The molecule has 2 amide bonds. The summed E-state index contributed by atoms with van der Waals surface area (Å²) in [5, 5.41) is 5.27. The monoisotopic (exact) mass is 393 g/mol. The van der Waals surface area contributed by atoms with Gasteiger partial charge in [-0.3, -0.25) is 9.59 Å². The minimum atomic E-state index is -0.631. The molecule has 0 atom stereocenters. The molecule has 5 nitrogen and oxygen atoms in total. The fraction of sp³-hybridized carbons (Fsp3) is 0.300. The Labute approximate surface area is 164 Å². The lowest BCUT2D eigenvalue weighted by atomic mass is 10.1. The van der Waals surface area contributed by atoms with Gasteiger partial charge < -0.3 is 16.4 Å². The van der Waals surface area contributed by atoms with E-state index < -0.39 is 5.82 Å². The first-order chi connectivity index (χ1) is 12.3. The molecule has 0 spiro atoms. The number of halogens is 2. The fourth-order valence-corrected chi connectivity index (χ4v) is 2.44. The van der Waals surface area contributed by atoms with E-state index in [1.807, 2.05) is 26.0 Å². The Bertz CT molecular complexity index is 779. The number of nitrogen functional groups attached to an aromatic ring is 1. The van der Waals surface area contributed by atoms with Crippen molar-refractivity contribution >= 4 is 35.6 Å². The Hall–Kier alpha value is -2.60. The van der Waals surface area contributed by atoms with Gasteiger partial charge in [0.25, 0.3) is 5.91 Å². The van der Waals surface area contributed by atoms with Crippen LogP contribution in [0.5, 0.6) is 0 Å². The summed E-state index contributed by atoms with van der Waals surface area (Å²) >= 11 is 0. The first-order valence-corrected chi connectivity index (χ1v) is 8.57. The van der Waals surface area contributed by atoms with Crippen LogP contribution in [0.2, 0.25) is 0 Å². The van der Waals surface area contributed by atoms with E-state index in [2.05, 4.69) is 10.6 Å². The van der Waals surface area contributed by atoms with Crippen LogP contribution in [0.15, 0.2) is 42.5 Å². The largest absolute Gasteiger partial charge is 0.399 e. The molecule has 0 saturated heterocycles. The van der Waals surface area contributed by atoms with E-state index >= 15 is 0 Å². The zero-order valence-corrected chi connectivity index (χ0v) is 16.2. The van der Waals surface area contributed by atoms with Crippen LogP contribution in [0.1, 0.15) is 36.2 Å². The molecule has 0 radical (unpaired) electrons. The Kier molecular flexibility index (Phi) is 8.75. The maximum Gasteiger partial charge on any atom is 0.251 e. The Balaban J connectivity index is 0.00000364. The fourth-order valence-electron chi connectivity index (χ4n) is 2.44. The third-order valence-electron chi connectivity index (χ3n) is 3.78. The molecule has 0 bridgehead atoms. The highest BCUT2D eigenvalue weighted by molar-refractivity contribution is 5.96. The Morgan fingerprint density at radius 1 is 1.11 bits per heavy atom. The SMILES string of the molecule is CC(C)CC(=O)Nc1ccc(C(=O)NCCc2ccc(N)cc2)cc1F.Cl. The van der Waals surface area contributed by atoms with Crippen molar-refractivity contribution in [1.82, 2.24) is 5.32 Å². The number of nitrogens with two attached hydrogens (primary N) is 1. The number of amides is 2. The highest BCUT2D eigenvalue weighted by Gasteiger charge is 2.12.